The molecule has 2 aliphatic heterocycles. The number of halogens is 1. The topological polar surface area (TPSA) is 91.3 Å². The van der Waals surface area contributed by atoms with Crippen LogP contribution in [-0.2, 0) is 26.8 Å². The SMILES string of the molecule is Cc1ccc(F)c([C@@]2(C)N=C(NC(=O)OC(C)(C)C)N(C)S(=O)(=O)C23CCN(Cc2ccccc2)C3)c1. The predicted molar refractivity (Wildman–Crippen MR) is 141 cm³/mol. The van der Waals surface area contributed by atoms with Crippen LogP contribution in [0.2, 0.25) is 0 Å². The zero-order valence-electron chi connectivity index (χ0n) is 22.2. The van der Waals surface area contributed by atoms with Crippen LogP contribution in [0, 0.1) is 12.7 Å². The molecule has 1 saturated heterocycles. The molecule has 1 amide bonds. The summed E-state index contributed by atoms with van der Waals surface area (Å²) < 4.78 is 48.9. The molecular weight excluding hydrogens is 495 g/mol. The Bertz CT molecular complexity index is 1330. The summed E-state index contributed by atoms with van der Waals surface area (Å²) in [5.74, 6) is -0.751. The van der Waals surface area contributed by atoms with E-state index in [0.717, 1.165) is 15.4 Å². The average molecular weight is 531 g/mol. The zero-order chi connectivity index (χ0) is 27.2. The van der Waals surface area contributed by atoms with Gasteiger partial charge in [0, 0.05) is 32.2 Å². The van der Waals surface area contributed by atoms with E-state index in [1.54, 1.807) is 39.8 Å². The fourth-order valence-corrected chi connectivity index (χ4v) is 7.46. The molecular formula is C27H35FN4O4S. The molecule has 4 rings (SSSR count). The van der Waals surface area contributed by atoms with Crippen LogP contribution >= 0.6 is 0 Å². The molecule has 0 radical (unpaired) electrons. The summed E-state index contributed by atoms with van der Waals surface area (Å²) in [4.78, 5) is 19.5. The molecule has 37 heavy (non-hydrogen) atoms. The van der Waals surface area contributed by atoms with Crippen molar-refractivity contribution in [3.05, 3.63) is 71.0 Å². The minimum Gasteiger partial charge on any atom is -0.444 e. The highest BCUT2D eigenvalue weighted by atomic mass is 32.2. The third-order valence-electron chi connectivity index (χ3n) is 7.19. The van der Waals surface area contributed by atoms with Crippen molar-refractivity contribution in [3.63, 3.8) is 0 Å². The number of carbonyl (C=O) groups excluding carboxylic acids is 1. The van der Waals surface area contributed by atoms with Crippen molar-refractivity contribution in [1.29, 1.82) is 0 Å². The lowest BCUT2D eigenvalue weighted by atomic mass is 9.77. The quantitative estimate of drug-likeness (QED) is 0.644. The smallest absolute Gasteiger partial charge is 0.414 e. The Balaban J connectivity index is 1.84. The first-order chi connectivity index (χ1) is 17.2. The number of hydrogen-bond donors (Lipinski definition) is 1. The minimum absolute atomic E-state index is 0.154. The number of ether oxygens (including phenoxy) is 1. The number of likely N-dealkylation sites (tertiary alicyclic amines) is 1. The summed E-state index contributed by atoms with van der Waals surface area (Å²) in [7, 11) is -2.77. The van der Waals surface area contributed by atoms with Gasteiger partial charge in [-0.3, -0.25) is 10.2 Å². The summed E-state index contributed by atoms with van der Waals surface area (Å²) in [6.45, 7) is 9.79. The van der Waals surface area contributed by atoms with E-state index in [1.165, 1.54) is 13.1 Å². The standard InChI is InChI=1S/C27H35FN4O4S/c1-19-12-13-22(28)21(16-19)26(5)27(14-15-32(18-27)17-20-10-8-7-9-11-20)37(34,35)31(6)23(30-26)29-24(33)36-25(2,3)4/h7-13,16H,14-15,17-18H2,1-6H3,(H,29,30,33)/t26-,27?/m1/s1. The molecule has 2 atom stereocenters. The minimum atomic E-state index is -4.13. The third kappa shape index (κ3) is 4.84. The highest BCUT2D eigenvalue weighted by molar-refractivity contribution is 7.91. The molecule has 0 aromatic heterocycles. The lowest BCUT2D eigenvalue weighted by molar-refractivity contribution is 0.0558. The van der Waals surface area contributed by atoms with Crippen molar-refractivity contribution in [2.45, 2.75) is 63.5 Å². The molecule has 0 bridgehead atoms. The molecule has 2 aliphatic rings. The summed E-state index contributed by atoms with van der Waals surface area (Å²) in [5, 5.41) is 2.50. The van der Waals surface area contributed by atoms with Crippen molar-refractivity contribution in [2.75, 3.05) is 20.1 Å². The molecule has 0 saturated carbocycles. The van der Waals surface area contributed by atoms with E-state index in [-0.39, 0.29) is 24.5 Å². The van der Waals surface area contributed by atoms with E-state index in [2.05, 4.69) is 10.2 Å². The van der Waals surface area contributed by atoms with Crippen molar-refractivity contribution in [1.82, 2.24) is 14.5 Å². The normalized spacial score (nSPS) is 25.7. The van der Waals surface area contributed by atoms with Gasteiger partial charge in [-0.15, -0.1) is 0 Å². The van der Waals surface area contributed by atoms with Crippen LogP contribution in [0.4, 0.5) is 9.18 Å². The molecule has 0 aliphatic carbocycles. The van der Waals surface area contributed by atoms with Gasteiger partial charge in [0.2, 0.25) is 16.0 Å². The van der Waals surface area contributed by atoms with Gasteiger partial charge < -0.3 is 4.74 Å². The van der Waals surface area contributed by atoms with Crippen LogP contribution in [-0.4, -0.2) is 60.2 Å². The van der Waals surface area contributed by atoms with Gasteiger partial charge in [0.25, 0.3) is 0 Å². The summed E-state index contributed by atoms with van der Waals surface area (Å²) in [6.07, 6.45) is -0.590. The number of aryl methyl sites for hydroxylation is 1. The molecule has 1 fully saturated rings. The maximum Gasteiger partial charge on any atom is 0.414 e. The first kappa shape index (κ1) is 27.1. The number of alkyl carbamates (subject to hydrolysis) is 1. The van der Waals surface area contributed by atoms with Gasteiger partial charge >= 0.3 is 6.09 Å². The Morgan fingerprint density at radius 2 is 1.86 bits per heavy atom. The van der Waals surface area contributed by atoms with Crippen molar-refractivity contribution >= 4 is 22.1 Å². The Morgan fingerprint density at radius 3 is 2.51 bits per heavy atom. The molecule has 2 aromatic carbocycles. The van der Waals surface area contributed by atoms with Gasteiger partial charge in [-0.1, -0.05) is 48.0 Å². The van der Waals surface area contributed by atoms with E-state index in [1.807, 2.05) is 37.3 Å². The number of rotatable bonds is 3. The van der Waals surface area contributed by atoms with E-state index < -0.39 is 37.8 Å². The second-order valence-electron chi connectivity index (χ2n) is 11.0. The number of aliphatic imine (C=N–C) groups is 1. The van der Waals surface area contributed by atoms with Crippen LogP contribution < -0.4 is 5.32 Å². The van der Waals surface area contributed by atoms with E-state index >= 15 is 4.39 Å². The zero-order valence-corrected chi connectivity index (χ0v) is 23.0. The number of nitrogens with zero attached hydrogens (tertiary/aromatic N) is 3. The highest BCUT2D eigenvalue weighted by Crippen LogP contribution is 2.52. The van der Waals surface area contributed by atoms with Crippen molar-refractivity contribution in [2.24, 2.45) is 4.99 Å². The second kappa shape index (κ2) is 9.40. The van der Waals surface area contributed by atoms with Crippen LogP contribution in [0.3, 0.4) is 0 Å². The maximum atomic E-state index is 15.4. The number of benzene rings is 2. The Morgan fingerprint density at radius 1 is 1.19 bits per heavy atom. The monoisotopic (exact) mass is 530 g/mol. The predicted octanol–water partition coefficient (Wildman–Crippen LogP) is 4.15. The third-order valence-corrected chi connectivity index (χ3v) is 9.80. The summed E-state index contributed by atoms with van der Waals surface area (Å²) >= 11 is 0. The average Bonchev–Trinajstić information content (AvgIpc) is 3.24. The number of amides is 1. The molecule has 1 unspecified atom stereocenters. The molecule has 1 N–H and O–H groups in total. The molecule has 8 nitrogen and oxygen atoms in total. The molecule has 1 spiro atoms. The van der Waals surface area contributed by atoms with Gasteiger partial charge in [-0.25, -0.2) is 26.9 Å². The van der Waals surface area contributed by atoms with Crippen molar-refractivity contribution in [3.8, 4) is 0 Å². The van der Waals surface area contributed by atoms with Crippen molar-refractivity contribution < 1.29 is 22.3 Å². The van der Waals surface area contributed by atoms with E-state index in [4.69, 9.17) is 9.73 Å². The first-order valence-electron chi connectivity index (χ1n) is 12.3. The van der Waals surface area contributed by atoms with Gasteiger partial charge in [-0.2, -0.15) is 0 Å². The maximum absolute atomic E-state index is 15.4. The van der Waals surface area contributed by atoms with Gasteiger partial charge in [0.05, 0.1) is 0 Å². The van der Waals surface area contributed by atoms with Crippen LogP contribution in [0.5, 0.6) is 0 Å². The number of carbonyl (C=O) groups is 1. The molecule has 200 valence electrons. The summed E-state index contributed by atoms with van der Waals surface area (Å²) in [6, 6.07) is 14.4. The van der Waals surface area contributed by atoms with Crippen LogP contribution in [0.15, 0.2) is 53.5 Å². The lowest BCUT2D eigenvalue weighted by Crippen LogP contribution is -2.66. The lowest BCUT2D eigenvalue weighted by Gasteiger charge is -2.49. The van der Waals surface area contributed by atoms with Gasteiger partial charge in [0.15, 0.2) is 0 Å². The highest BCUT2D eigenvalue weighted by Gasteiger charge is 2.66. The largest absolute Gasteiger partial charge is 0.444 e. The molecule has 2 aromatic rings. The van der Waals surface area contributed by atoms with Crippen LogP contribution in [0.1, 0.15) is 50.8 Å². The van der Waals surface area contributed by atoms with Crippen LogP contribution in [0.25, 0.3) is 0 Å². The molecule has 10 heteroatoms. The fourth-order valence-electron chi connectivity index (χ4n) is 5.27. The summed E-state index contributed by atoms with van der Waals surface area (Å²) in [5.41, 5.74) is -0.313. The number of hydrogen-bond acceptors (Lipinski definition) is 6. The Labute approximate surface area is 218 Å². The van der Waals surface area contributed by atoms with Gasteiger partial charge in [-0.05, 0) is 52.7 Å². The number of sulfonamides is 1. The van der Waals surface area contributed by atoms with Gasteiger partial charge in [0.1, 0.15) is 21.7 Å². The molecule has 2 heterocycles. The Hall–Kier alpha value is -2.98. The Kier molecular flexibility index (Phi) is 6.87. The first-order valence-corrected chi connectivity index (χ1v) is 13.7. The van der Waals surface area contributed by atoms with E-state index in [9.17, 15) is 13.2 Å². The van der Waals surface area contributed by atoms with E-state index in [0.29, 0.717) is 13.1 Å². The second-order valence-corrected chi connectivity index (χ2v) is 13.3. The number of nitrogens with one attached hydrogen (secondary N) is 1. The fraction of sp³-hybridized carbons (Fsp3) is 0.481. The number of guanidine groups is 1.